The number of methoxy groups -OCH3 is 1. The van der Waals surface area contributed by atoms with Gasteiger partial charge in [-0.1, -0.05) is 6.92 Å². The standard InChI is InChI=1S/C13H25NO4/c1-8-9(2)18-10(3)12(8)13(16)14-11(5-6-15)7-17-4/h8-12,15H,5-7H2,1-4H3,(H,14,16). The summed E-state index contributed by atoms with van der Waals surface area (Å²) in [5, 5.41) is 11.9. The second kappa shape index (κ2) is 7.07. The molecule has 5 unspecified atom stereocenters. The summed E-state index contributed by atoms with van der Waals surface area (Å²) in [5.41, 5.74) is 0. The summed E-state index contributed by atoms with van der Waals surface area (Å²) in [6.45, 7) is 6.42. The highest BCUT2D eigenvalue weighted by atomic mass is 16.5. The first kappa shape index (κ1) is 15.4. The minimum atomic E-state index is -0.136. The highest BCUT2D eigenvalue weighted by Gasteiger charge is 2.41. The van der Waals surface area contributed by atoms with Gasteiger partial charge >= 0.3 is 0 Å². The fraction of sp³-hybridized carbons (Fsp3) is 0.923. The van der Waals surface area contributed by atoms with Crippen LogP contribution >= 0.6 is 0 Å². The van der Waals surface area contributed by atoms with Crippen molar-refractivity contribution in [3.05, 3.63) is 0 Å². The molecule has 18 heavy (non-hydrogen) atoms. The Kier molecular flexibility index (Phi) is 6.05. The second-order valence-electron chi connectivity index (χ2n) is 5.10. The van der Waals surface area contributed by atoms with Crippen LogP contribution in [0.3, 0.4) is 0 Å². The molecule has 1 amide bonds. The Morgan fingerprint density at radius 2 is 2.06 bits per heavy atom. The van der Waals surface area contributed by atoms with Gasteiger partial charge in [0.1, 0.15) is 0 Å². The molecule has 5 heteroatoms. The van der Waals surface area contributed by atoms with E-state index in [4.69, 9.17) is 14.6 Å². The minimum Gasteiger partial charge on any atom is -0.396 e. The topological polar surface area (TPSA) is 67.8 Å². The number of carbonyl (C=O) groups excluding carboxylic acids is 1. The van der Waals surface area contributed by atoms with E-state index in [0.717, 1.165) is 0 Å². The zero-order chi connectivity index (χ0) is 13.7. The van der Waals surface area contributed by atoms with Gasteiger partial charge in [0.15, 0.2) is 0 Å². The van der Waals surface area contributed by atoms with Gasteiger partial charge < -0.3 is 19.9 Å². The molecule has 1 fully saturated rings. The molecule has 2 N–H and O–H groups in total. The number of carbonyl (C=O) groups is 1. The summed E-state index contributed by atoms with van der Waals surface area (Å²) in [4.78, 5) is 12.2. The van der Waals surface area contributed by atoms with Crippen LogP contribution in [-0.2, 0) is 14.3 Å². The number of hydrogen-bond donors (Lipinski definition) is 2. The first-order valence-electron chi connectivity index (χ1n) is 6.56. The molecule has 1 saturated heterocycles. The van der Waals surface area contributed by atoms with Crippen molar-refractivity contribution in [2.75, 3.05) is 20.3 Å². The lowest BCUT2D eigenvalue weighted by atomic mass is 9.88. The molecule has 106 valence electrons. The van der Waals surface area contributed by atoms with E-state index in [2.05, 4.69) is 5.32 Å². The van der Waals surface area contributed by atoms with Gasteiger partial charge in [0.2, 0.25) is 5.91 Å². The molecule has 1 heterocycles. The number of ether oxygens (including phenoxy) is 2. The molecule has 5 nitrogen and oxygen atoms in total. The first-order chi connectivity index (χ1) is 8.51. The van der Waals surface area contributed by atoms with Gasteiger partial charge in [-0.25, -0.2) is 0 Å². The van der Waals surface area contributed by atoms with Crippen molar-refractivity contribution in [2.45, 2.75) is 45.4 Å². The predicted octanol–water partition coefficient (Wildman–Crippen LogP) is 0.559. The van der Waals surface area contributed by atoms with Crippen LogP contribution in [0.15, 0.2) is 0 Å². The van der Waals surface area contributed by atoms with Crippen LogP contribution in [0.2, 0.25) is 0 Å². The van der Waals surface area contributed by atoms with Gasteiger partial charge in [0.25, 0.3) is 0 Å². The molecule has 0 aliphatic carbocycles. The van der Waals surface area contributed by atoms with Crippen molar-refractivity contribution in [2.24, 2.45) is 11.8 Å². The molecule has 0 aromatic heterocycles. The summed E-state index contributed by atoms with van der Waals surface area (Å²) in [6, 6.07) is -0.136. The van der Waals surface area contributed by atoms with E-state index in [1.165, 1.54) is 0 Å². The summed E-state index contributed by atoms with van der Waals surface area (Å²) >= 11 is 0. The fourth-order valence-corrected chi connectivity index (χ4v) is 2.57. The van der Waals surface area contributed by atoms with E-state index in [0.29, 0.717) is 13.0 Å². The van der Waals surface area contributed by atoms with Crippen molar-refractivity contribution < 1.29 is 19.4 Å². The maximum atomic E-state index is 12.2. The average molecular weight is 259 g/mol. The highest BCUT2D eigenvalue weighted by Crippen LogP contribution is 2.32. The number of hydrogen-bond acceptors (Lipinski definition) is 4. The molecule has 1 aliphatic rings. The number of amides is 1. The van der Waals surface area contributed by atoms with Crippen molar-refractivity contribution in [1.82, 2.24) is 5.32 Å². The summed E-state index contributed by atoms with van der Waals surface area (Å²) in [5.74, 6) is 0.0743. The number of rotatable bonds is 6. The zero-order valence-electron chi connectivity index (χ0n) is 11.7. The van der Waals surface area contributed by atoms with Crippen LogP contribution in [0.4, 0.5) is 0 Å². The zero-order valence-corrected chi connectivity index (χ0v) is 11.7. The molecule has 0 radical (unpaired) electrons. The van der Waals surface area contributed by atoms with E-state index in [1.54, 1.807) is 7.11 Å². The van der Waals surface area contributed by atoms with Gasteiger partial charge in [-0.05, 0) is 26.2 Å². The van der Waals surface area contributed by atoms with Crippen LogP contribution in [0.1, 0.15) is 27.2 Å². The van der Waals surface area contributed by atoms with Crippen LogP contribution < -0.4 is 5.32 Å². The minimum absolute atomic E-state index is 0.00477. The molecule has 1 rings (SSSR count). The number of aliphatic hydroxyl groups excluding tert-OH is 1. The Labute approximate surface area is 109 Å². The SMILES string of the molecule is COCC(CCO)NC(=O)C1C(C)OC(C)C1C. The van der Waals surface area contributed by atoms with Gasteiger partial charge in [0.05, 0.1) is 30.8 Å². The summed E-state index contributed by atoms with van der Waals surface area (Å²) in [6.07, 6.45) is 0.549. The monoisotopic (exact) mass is 259 g/mol. The lowest BCUT2D eigenvalue weighted by molar-refractivity contribution is -0.128. The van der Waals surface area contributed by atoms with Crippen LogP contribution in [-0.4, -0.2) is 49.6 Å². The third kappa shape index (κ3) is 3.67. The fourth-order valence-electron chi connectivity index (χ4n) is 2.57. The van der Waals surface area contributed by atoms with Gasteiger partial charge in [-0.3, -0.25) is 4.79 Å². The molecular formula is C13H25NO4. The lowest BCUT2D eigenvalue weighted by Gasteiger charge is -2.22. The maximum absolute atomic E-state index is 12.2. The Morgan fingerprint density at radius 3 is 2.50 bits per heavy atom. The summed E-state index contributed by atoms with van der Waals surface area (Å²) < 4.78 is 10.7. The van der Waals surface area contributed by atoms with Crippen LogP contribution in [0.5, 0.6) is 0 Å². The Bertz CT molecular complexity index is 266. The van der Waals surface area contributed by atoms with E-state index in [9.17, 15) is 4.79 Å². The molecule has 0 aromatic carbocycles. The lowest BCUT2D eigenvalue weighted by Crippen LogP contribution is -2.45. The molecule has 0 saturated carbocycles. The molecule has 0 aromatic rings. The third-order valence-corrected chi connectivity index (χ3v) is 3.74. The van der Waals surface area contributed by atoms with Crippen molar-refractivity contribution in [3.8, 4) is 0 Å². The van der Waals surface area contributed by atoms with Crippen LogP contribution in [0, 0.1) is 11.8 Å². The van der Waals surface area contributed by atoms with E-state index in [-0.39, 0.29) is 42.6 Å². The molecule has 5 atom stereocenters. The first-order valence-corrected chi connectivity index (χ1v) is 6.56. The third-order valence-electron chi connectivity index (χ3n) is 3.74. The number of aliphatic hydroxyl groups is 1. The molecule has 0 spiro atoms. The highest BCUT2D eigenvalue weighted by molar-refractivity contribution is 5.80. The summed E-state index contributed by atoms with van der Waals surface area (Å²) in [7, 11) is 1.59. The molecule has 0 bridgehead atoms. The smallest absolute Gasteiger partial charge is 0.226 e. The Hall–Kier alpha value is -0.650. The largest absolute Gasteiger partial charge is 0.396 e. The predicted molar refractivity (Wildman–Crippen MR) is 68.2 cm³/mol. The number of nitrogens with one attached hydrogen (secondary N) is 1. The van der Waals surface area contributed by atoms with E-state index >= 15 is 0 Å². The normalized spacial score (nSPS) is 33.4. The van der Waals surface area contributed by atoms with Crippen molar-refractivity contribution in [3.63, 3.8) is 0 Å². The Balaban J connectivity index is 2.57. The average Bonchev–Trinajstić information content (AvgIpc) is 2.53. The van der Waals surface area contributed by atoms with Gasteiger partial charge in [-0.15, -0.1) is 0 Å². The second-order valence-corrected chi connectivity index (χ2v) is 5.10. The quantitative estimate of drug-likeness (QED) is 0.731. The maximum Gasteiger partial charge on any atom is 0.226 e. The van der Waals surface area contributed by atoms with Gasteiger partial charge in [-0.2, -0.15) is 0 Å². The van der Waals surface area contributed by atoms with Crippen molar-refractivity contribution >= 4 is 5.91 Å². The van der Waals surface area contributed by atoms with E-state index < -0.39 is 0 Å². The van der Waals surface area contributed by atoms with Gasteiger partial charge in [0, 0.05) is 13.7 Å². The molecular weight excluding hydrogens is 234 g/mol. The van der Waals surface area contributed by atoms with E-state index in [1.807, 2.05) is 20.8 Å². The Morgan fingerprint density at radius 1 is 1.39 bits per heavy atom. The van der Waals surface area contributed by atoms with Crippen molar-refractivity contribution in [1.29, 1.82) is 0 Å². The van der Waals surface area contributed by atoms with Crippen LogP contribution in [0.25, 0.3) is 0 Å². The molecule has 1 aliphatic heterocycles.